The molecule has 88 valence electrons. The normalized spacial score (nSPS) is 12.0. The third-order valence-electron chi connectivity index (χ3n) is 1.85. The zero-order valence-electron chi connectivity index (χ0n) is 9.20. The van der Waals surface area contributed by atoms with E-state index in [9.17, 15) is 4.79 Å². The maximum absolute atomic E-state index is 11.2. The Kier molecular flexibility index (Phi) is 4.58. The third kappa shape index (κ3) is 3.40. The molecule has 0 saturated carbocycles. The van der Waals surface area contributed by atoms with E-state index in [2.05, 4.69) is 4.74 Å². The average molecular weight is 244 g/mol. The zero-order valence-corrected chi connectivity index (χ0v) is 9.95. The van der Waals surface area contributed by atoms with Crippen molar-refractivity contribution in [3.63, 3.8) is 0 Å². The van der Waals surface area contributed by atoms with Crippen molar-refractivity contribution in [2.24, 2.45) is 5.73 Å². The van der Waals surface area contributed by atoms with Gasteiger partial charge in [-0.15, -0.1) is 0 Å². The smallest absolute Gasteiger partial charge is 0.337 e. The van der Waals surface area contributed by atoms with E-state index in [1.807, 2.05) is 6.92 Å². The monoisotopic (exact) mass is 243 g/mol. The van der Waals surface area contributed by atoms with Crippen LogP contribution in [-0.4, -0.2) is 25.7 Å². The van der Waals surface area contributed by atoms with Crippen molar-refractivity contribution >= 4 is 17.6 Å². The first-order chi connectivity index (χ1) is 7.54. The van der Waals surface area contributed by atoms with Crippen LogP contribution in [0.15, 0.2) is 18.2 Å². The number of carbonyl (C=O) groups excluding carboxylic acids is 1. The Balaban J connectivity index is 2.79. The summed E-state index contributed by atoms with van der Waals surface area (Å²) in [5, 5.41) is 0.364. The number of nitrogens with two attached hydrogens (primary N) is 1. The molecule has 0 spiro atoms. The predicted molar refractivity (Wildman–Crippen MR) is 61.9 cm³/mol. The quantitative estimate of drug-likeness (QED) is 0.820. The highest BCUT2D eigenvalue weighted by molar-refractivity contribution is 6.32. The van der Waals surface area contributed by atoms with Crippen molar-refractivity contribution < 1.29 is 14.3 Å². The number of carbonyl (C=O) groups is 1. The Hall–Kier alpha value is -1.26. The van der Waals surface area contributed by atoms with Crippen LogP contribution in [0.5, 0.6) is 5.75 Å². The second-order valence-corrected chi connectivity index (χ2v) is 3.83. The van der Waals surface area contributed by atoms with Gasteiger partial charge in [-0.25, -0.2) is 4.79 Å². The molecule has 2 N–H and O–H groups in total. The molecule has 0 amide bonds. The number of rotatable bonds is 4. The van der Waals surface area contributed by atoms with Gasteiger partial charge in [-0.2, -0.15) is 0 Å². The largest absolute Gasteiger partial charge is 0.490 e. The van der Waals surface area contributed by atoms with Crippen molar-refractivity contribution in [3.8, 4) is 5.75 Å². The maximum atomic E-state index is 11.2. The van der Waals surface area contributed by atoms with Gasteiger partial charge in [0.2, 0.25) is 0 Å². The molecule has 1 atom stereocenters. The minimum absolute atomic E-state index is 0.0728. The summed E-state index contributed by atoms with van der Waals surface area (Å²) < 4.78 is 9.93. The van der Waals surface area contributed by atoms with Gasteiger partial charge in [-0.3, -0.25) is 0 Å². The molecule has 5 heteroatoms. The molecular weight excluding hydrogens is 230 g/mol. The van der Waals surface area contributed by atoms with Gasteiger partial charge in [0.05, 0.1) is 17.7 Å². The summed E-state index contributed by atoms with van der Waals surface area (Å²) in [6.45, 7) is 2.20. The van der Waals surface area contributed by atoms with Crippen LogP contribution in [0.3, 0.4) is 0 Å². The predicted octanol–water partition coefficient (Wildman–Crippen LogP) is 1.85. The Bertz CT molecular complexity index is 379. The molecule has 0 aliphatic rings. The second kappa shape index (κ2) is 5.72. The molecule has 1 aromatic carbocycles. The highest BCUT2D eigenvalue weighted by Crippen LogP contribution is 2.25. The molecule has 4 nitrogen and oxygen atoms in total. The standard InChI is InChI=1S/C11H14ClNO3/c1-7(13)6-16-10-4-3-8(5-9(10)12)11(14)15-2/h3-5,7H,6,13H2,1-2H3. The zero-order chi connectivity index (χ0) is 12.1. The number of ether oxygens (including phenoxy) is 2. The van der Waals surface area contributed by atoms with Crippen molar-refractivity contribution in [2.45, 2.75) is 13.0 Å². The van der Waals surface area contributed by atoms with Crippen molar-refractivity contribution in [1.82, 2.24) is 0 Å². The van der Waals surface area contributed by atoms with Crippen LogP contribution in [0.4, 0.5) is 0 Å². The van der Waals surface area contributed by atoms with Gasteiger partial charge in [-0.1, -0.05) is 11.6 Å². The van der Waals surface area contributed by atoms with E-state index < -0.39 is 5.97 Å². The van der Waals surface area contributed by atoms with Gasteiger partial charge in [0, 0.05) is 6.04 Å². The van der Waals surface area contributed by atoms with Gasteiger partial charge in [-0.05, 0) is 25.1 Å². The molecule has 1 aromatic rings. The molecule has 0 bridgehead atoms. The molecule has 1 unspecified atom stereocenters. The van der Waals surface area contributed by atoms with Gasteiger partial charge in [0.1, 0.15) is 12.4 Å². The minimum Gasteiger partial charge on any atom is -0.490 e. The number of hydrogen-bond acceptors (Lipinski definition) is 4. The summed E-state index contributed by atoms with van der Waals surface area (Å²) in [6, 6.07) is 4.64. The number of hydrogen-bond donors (Lipinski definition) is 1. The average Bonchev–Trinajstić information content (AvgIpc) is 2.26. The summed E-state index contributed by atoms with van der Waals surface area (Å²) in [5.74, 6) is 0.0762. The topological polar surface area (TPSA) is 61.5 Å². The molecule has 1 rings (SSSR count). The summed E-state index contributed by atoms with van der Waals surface area (Å²) in [4.78, 5) is 11.2. The van der Waals surface area contributed by atoms with Crippen LogP contribution in [0.1, 0.15) is 17.3 Å². The first-order valence-electron chi connectivity index (χ1n) is 4.81. The van der Waals surface area contributed by atoms with Gasteiger partial charge < -0.3 is 15.2 Å². The fourth-order valence-corrected chi connectivity index (χ4v) is 1.32. The molecule has 0 aromatic heterocycles. The Morgan fingerprint density at radius 1 is 1.56 bits per heavy atom. The van der Waals surface area contributed by atoms with E-state index in [-0.39, 0.29) is 6.04 Å². The summed E-state index contributed by atoms with van der Waals surface area (Å²) in [7, 11) is 1.32. The molecule has 0 aliphatic carbocycles. The van der Waals surface area contributed by atoms with Crippen molar-refractivity contribution in [1.29, 1.82) is 0 Å². The van der Waals surface area contributed by atoms with Gasteiger partial charge in [0.15, 0.2) is 0 Å². The van der Waals surface area contributed by atoms with E-state index in [1.54, 1.807) is 12.1 Å². The number of halogens is 1. The lowest BCUT2D eigenvalue weighted by atomic mass is 10.2. The lowest BCUT2D eigenvalue weighted by molar-refractivity contribution is 0.0600. The van der Waals surface area contributed by atoms with Crippen LogP contribution >= 0.6 is 11.6 Å². The molecule has 0 aliphatic heterocycles. The van der Waals surface area contributed by atoms with Crippen LogP contribution < -0.4 is 10.5 Å². The molecule has 16 heavy (non-hydrogen) atoms. The molecular formula is C11H14ClNO3. The van der Waals surface area contributed by atoms with Crippen LogP contribution in [0.25, 0.3) is 0 Å². The number of esters is 1. The molecule has 0 fully saturated rings. The number of methoxy groups -OCH3 is 1. The summed E-state index contributed by atoms with van der Waals surface area (Å²) >= 11 is 5.94. The van der Waals surface area contributed by atoms with E-state index in [0.717, 1.165) is 0 Å². The van der Waals surface area contributed by atoms with E-state index in [4.69, 9.17) is 22.1 Å². The molecule has 0 saturated heterocycles. The maximum Gasteiger partial charge on any atom is 0.337 e. The molecule has 0 heterocycles. The molecule has 0 radical (unpaired) electrons. The summed E-state index contributed by atoms with van der Waals surface area (Å²) in [5.41, 5.74) is 5.94. The van der Waals surface area contributed by atoms with Crippen molar-refractivity contribution in [2.75, 3.05) is 13.7 Å². The van der Waals surface area contributed by atoms with Crippen molar-refractivity contribution in [3.05, 3.63) is 28.8 Å². The van der Waals surface area contributed by atoms with E-state index in [0.29, 0.717) is 22.9 Å². The van der Waals surface area contributed by atoms with Crippen LogP contribution in [-0.2, 0) is 4.74 Å². The first kappa shape index (κ1) is 12.8. The Morgan fingerprint density at radius 2 is 2.25 bits per heavy atom. The lowest BCUT2D eigenvalue weighted by Gasteiger charge is -2.10. The highest BCUT2D eigenvalue weighted by atomic mass is 35.5. The first-order valence-corrected chi connectivity index (χ1v) is 5.18. The van der Waals surface area contributed by atoms with Crippen LogP contribution in [0, 0.1) is 0 Å². The fraction of sp³-hybridized carbons (Fsp3) is 0.364. The van der Waals surface area contributed by atoms with Crippen LogP contribution in [0.2, 0.25) is 5.02 Å². The van der Waals surface area contributed by atoms with Gasteiger partial charge >= 0.3 is 5.97 Å². The van der Waals surface area contributed by atoms with E-state index in [1.165, 1.54) is 13.2 Å². The fourth-order valence-electron chi connectivity index (χ4n) is 1.08. The third-order valence-corrected chi connectivity index (χ3v) is 2.15. The SMILES string of the molecule is COC(=O)c1ccc(OCC(C)N)c(Cl)c1. The summed E-state index contributed by atoms with van der Waals surface area (Å²) in [6.07, 6.45) is 0. The minimum atomic E-state index is -0.430. The Labute approximate surface area is 99.3 Å². The van der Waals surface area contributed by atoms with Gasteiger partial charge in [0.25, 0.3) is 0 Å². The lowest BCUT2D eigenvalue weighted by Crippen LogP contribution is -2.23. The highest BCUT2D eigenvalue weighted by Gasteiger charge is 2.09. The second-order valence-electron chi connectivity index (χ2n) is 3.43. The van der Waals surface area contributed by atoms with E-state index >= 15 is 0 Å². The number of benzene rings is 1. The Morgan fingerprint density at radius 3 is 2.75 bits per heavy atom.